The first-order chi connectivity index (χ1) is 15.2. The van der Waals surface area contributed by atoms with Gasteiger partial charge >= 0.3 is 53.4 Å². The number of aliphatic hydroxyl groups excluding tert-OH is 1. The van der Waals surface area contributed by atoms with Crippen molar-refractivity contribution in [3.8, 4) is 0 Å². The number of fused-ring (bicyclic) bond motifs is 8. The monoisotopic (exact) mass is 476 g/mol. The van der Waals surface area contributed by atoms with Crippen LogP contribution < -0.4 is 0 Å². The minimum Gasteiger partial charge on any atom is -0.414 e. The Morgan fingerprint density at radius 3 is 1.52 bits per heavy atom. The van der Waals surface area contributed by atoms with Gasteiger partial charge in [-0.25, -0.2) is 9.59 Å². The second-order valence-corrected chi connectivity index (χ2v) is 7.87. The summed E-state index contributed by atoms with van der Waals surface area (Å²) in [6, 6.07) is 0. The maximum Gasteiger partial charge on any atom is 0.465 e. The van der Waals surface area contributed by atoms with Crippen LogP contribution in [0.4, 0.5) is 0 Å². The third-order valence-corrected chi connectivity index (χ3v) is 5.40. The summed E-state index contributed by atoms with van der Waals surface area (Å²) < 4.78 is 29.3. The number of ether oxygens (including phenoxy) is 6. The zero-order valence-corrected chi connectivity index (χ0v) is 16.4. The lowest BCUT2D eigenvalue weighted by Gasteiger charge is -2.50. The summed E-state index contributed by atoms with van der Waals surface area (Å²) in [5.41, 5.74) is -5.69. The highest BCUT2D eigenvalue weighted by Gasteiger charge is 2.84. The molecule has 4 rings (SSSR count). The number of aliphatic hydroxyl groups is 4. The Morgan fingerprint density at radius 2 is 1.03 bits per heavy atom. The molecule has 4 aliphatic heterocycles. The molecular weight excluding hydrogens is 460 g/mol. The van der Waals surface area contributed by atoms with E-state index >= 15 is 0 Å². The van der Waals surface area contributed by atoms with Crippen LogP contribution in [0.3, 0.4) is 0 Å². The first kappa shape index (κ1) is 22.8. The van der Waals surface area contributed by atoms with Crippen molar-refractivity contribution in [1.82, 2.24) is 0 Å². The predicted octanol–water partition coefficient (Wildman–Crippen LogP) is -4.26. The zero-order valence-electron chi connectivity index (χ0n) is 16.4. The van der Waals surface area contributed by atoms with Gasteiger partial charge in [0.05, 0.1) is 38.7 Å². The van der Waals surface area contributed by atoms with E-state index in [1.165, 1.54) is 0 Å². The van der Waals surface area contributed by atoms with E-state index in [1.54, 1.807) is 0 Å². The second kappa shape index (κ2) is 6.83. The quantitative estimate of drug-likeness (QED) is 0.218. The Labute approximate surface area is 181 Å². The number of esters is 6. The van der Waals surface area contributed by atoms with E-state index in [1.807, 2.05) is 0 Å². The SMILES string of the molecule is O=C1CC2(O)CC(=O)OC3(OC(=O)CC4(O)CC(=O)OC3(CCO)OC4=O)C(O)(O1)OC2=O. The fourth-order valence-electron chi connectivity index (χ4n) is 3.91. The molecule has 4 saturated heterocycles. The van der Waals surface area contributed by atoms with Crippen LogP contribution in [0.2, 0.25) is 0 Å². The Kier molecular flexibility index (Phi) is 4.73. The standard InChI is InChI=1S/C17H16O16/c18-2-1-15-16(29-8(20)4-13(25,11(23)32-15)3-7(19)28-15)17(27)31-10(22)6-14(26,12(24)33-17)5-9(21)30-16/h18,25-27H,1-6H2. The number of hydrogen-bond donors (Lipinski definition) is 4. The minimum absolute atomic E-state index is 1.09. The Hall–Kier alpha value is -3.34. The molecule has 4 N–H and O–H groups in total. The first-order valence-electron chi connectivity index (χ1n) is 9.34. The van der Waals surface area contributed by atoms with Crippen LogP contribution in [-0.2, 0) is 57.2 Å². The molecule has 4 heterocycles. The fourth-order valence-corrected chi connectivity index (χ4v) is 3.91. The van der Waals surface area contributed by atoms with Gasteiger partial charge in [-0.15, -0.1) is 0 Å². The number of carbonyl (C=O) groups is 6. The normalized spacial score (nSPS) is 42.9. The van der Waals surface area contributed by atoms with Gasteiger partial charge in [-0.2, -0.15) is 0 Å². The van der Waals surface area contributed by atoms with Crippen LogP contribution in [0.1, 0.15) is 32.1 Å². The molecule has 0 amide bonds. The average Bonchev–Trinajstić information content (AvgIpc) is 2.75. The Balaban J connectivity index is 2.04. The van der Waals surface area contributed by atoms with Gasteiger partial charge in [-0.05, 0) is 0 Å². The van der Waals surface area contributed by atoms with Crippen LogP contribution in [0, 0.1) is 0 Å². The van der Waals surface area contributed by atoms with Crippen molar-refractivity contribution in [2.24, 2.45) is 0 Å². The summed E-state index contributed by atoms with van der Waals surface area (Å²) in [6.07, 6.45) is -6.13. The third-order valence-electron chi connectivity index (χ3n) is 5.40. The maximum absolute atomic E-state index is 12.7. The average molecular weight is 476 g/mol. The highest BCUT2D eigenvalue weighted by Crippen LogP contribution is 2.51. The second-order valence-electron chi connectivity index (χ2n) is 7.87. The maximum atomic E-state index is 12.7. The van der Waals surface area contributed by atoms with Gasteiger partial charge in [-0.1, -0.05) is 0 Å². The van der Waals surface area contributed by atoms with Crippen molar-refractivity contribution in [3.05, 3.63) is 0 Å². The zero-order chi connectivity index (χ0) is 24.4. The Bertz CT molecular complexity index is 972. The van der Waals surface area contributed by atoms with Gasteiger partial charge in [0.2, 0.25) is 0 Å². The van der Waals surface area contributed by atoms with Crippen LogP contribution in [0.25, 0.3) is 0 Å². The summed E-state index contributed by atoms with van der Waals surface area (Å²) in [4.78, 5) is 75.3. The van der Waals surface area contributed by atoms with E-state index in [9.17, 15) is 49.2 Å². The van der Waals surface area contributed by atoms with E-state index in [-0.39, 0.29) is 0 Å². The fraction of sp³-hybridized carbons (Fsp3) is 0.647. The van der Waals surface area contributed by atoms with Crippen LogP contribution >= 0.6 is 0 Å². The molecule has 0 aromatic rings. The molecule has 0 aromatic heterocycles. The van der Waals surface area contributed by atoms with Crippen molar-refractivity contribution in [2.45, 2.75) is 60.9 Å². The number of carbonyl (C=O) groups excluding carboxylic acids is 6. The van der Waals surface area contributed by atoms with Gasteiger partial charge in [0.25, 0.3) is 0 Å². The van der Waals surface area contributed by atoms with Gasteiger partial charge in [0.1, 0.15) is 0 Å². The topological polar surface area (TPSA) is 239 Å². The van der Waals surface area contributed by atoms with Crippen molar-refractivity contribution in [2.75, 3.05) is 6.61 Å². The highest BCUT2D eigenvalue weighted by molar-refractivity contribution is 5.94. The number of rotatable bonds is 2. The molecule has 4 bridgehead atoms. The molecule has 33 heavy (non-hydrogen) atoms. The molecule has 5 unspecified atom stereocenters. The summed E-state index contributed by atoms with van der Waals surface area (Å²) in [5, 5.41) is 41.6. The summed E-state index contributed by atoms with van der Waals surface area (Å²) in [5.74, 6) is -21.0. The van der Waals surface area contributed by atoms with E-state index in [0.29, 0.717) is 0 Å². The molecule has 1 spiro atoms. The van der Waals surface area contributed by atoms with Crippen LogP contribution in [-0.4, -0.2) is 91.6 Å². The van der Waals surface area contributed by atoms with Gasteiger partial charge in [0.15, 0.2) is 11.2 Å². The predicted molar refractivity (Wildman–Crippen MR) is 87.0 cm³/mol. The molecule has 180 valence electrons. The molecule has 4 fully saturated rings. The van der Waals surface area contributed by atoms with E-state index < -0.39 is 103 Å². The molecule has 16 heteroatoms. The smallest absolute Gasteiger partial charge is 0.414 e. The summed E-state index contributed by atoms with van der Waals surface area (Å²) in [7, 11) is 0. The molecule has 16 nitrogen and oxygen atoms in total. The molecule has 5 atom stereocenters. The van der Waals surface area contributed by atoms with Crippen molar-refractivity contribution >= 4 is 35.8 Å². The van der Waals surface area contributed by atoms with Crippen molar-refractivity contribution in [1.29, 1.82) is 0 Å². The van der Waals surface area contributed by atoms with E-state index in [4.69, 9.17) is 18.9 Å². The molecule has 0 aromatic carbocycles. The van der Waals surface area contributed by atoms with Gasteiger partial charge in [0, 0.05) is 0 Å². The highest BCUT2D eigenvalue weighted by atomic mass is 16.9. The van der Waals surface area contributed by atoms with Crippen LogP contribution in [0.15, 0.2) is 0 Å². The van der Waals surface area contributed by atoms with Crippen LogP contribution in [0.5, 0.6) is 0 Å². The largest absolute Gasteiger partial charge is 0.465 e. The van der Waals surface area contributed by atoms with E-state index in [0.717, 1.165) is 0 Å². The first-order valence-corrected chi connectivity index (χ1v) is 9.34. The van der Waals surface area contributed by atoms with Crippen molar-refractivity contribution < 1.29 is 77.6 Å². The lowest BCUT2D eigenvalue weighted by Crippen LogP contribution is -2.77. The molecule has 0 radical (unpaired) electrons. The summed E-state index contributed by atoms with van der Waals surface area (Å²) in [6.45, 7) is -1.09. The molecule has 0 saturated carbocycles. The third kappa shape index (κ3) is 3.13. The lowest BCUT2D eigenvalue weighted by molar-refractivity contribution is -0.501. The van der Waals surface area contributed by atoms with Gasteiger partial charge < -0.3 is 48.8 Å². The molecule has 4 aliphatic rings. The lowest BCUT2D eigenvalue weighted by atomic mass is 9.92. The number of hydrogen-bond acceptors (Lipinski definition) is 16. The summed E-state index contributed by atoms with van der Waals surface area (Å²) >= 11 is 0. The minimum atomic E-state index is -4.01. The molecule has 0 aliphatic carbocycles. The van der Waals surface area contributed by atoms with E-state index in [2.05, 4.69) is 9.47 Å². The van der Waals surface area contributed by atoms with Crippen molar-refractivity contribution in [3.63, 3.8) is 0 Å². The van der Waals surface area contributed by atoms with Gasteiger partial charge in [-0.3, -0.25) is 19.2 Å². The Morgan fingerprint density at radius 1 is 0.606 bits per heavy atom. The molecular formula is C17H16O16.